The van der Waals surface area contributed by atoms with Gasteiger partial charge in [0.1, 0.15) is 18.8 Å². The average molecular weight is 715 g/mol. The number of rotatable bonds is 2. The third-order valence-electron chi connectivity index (χ3n) is 11.8. The van der Waals surface area contributed by atoms with Crippen molar-refractivity contribution in [2.75, 3.05) is 23.0 Å². The molecule has 3 aliphatic heterocycles. The van der Waals surface area contributed by atoms with E-state index >= 15 is 0 Å². The Kier molecular flexibility index (Phi) is 7.51. The van der Waals surface area contributed by atoms with Crippen LogP contribution in [0.5, 0.6) is 11.5 Å². The molecular formula is C48H51BN2O3. The van der Waals surface area contributed by atoms with Gasteiger partial charge in [-0.3, -0.25) is 4.90 Å². The highest BCUT2D eigenvalue weighted by atomic mass is 16.6. The number of ether oxygens (including phenoxy) is 2. The fourth-order valence-electron chi connectivity index (χ4n) is 8.85. The molecular weight excluding hydrogens is 663 g/mol. The van der Waals surface area contributed by atoms with Gasteiger partial charge >= 0.3 is 0 Å². The monoisotopic (exact) mass is 714 g/mol. The number of nitrogens with zero attached hydrogens (tertiary/aromatic N) is 2. The van der Waals surface area contributed by atoms with Gasteiger partial charge in [0.05, 0.1) is 5.69 Å². The molecule has 0 spiro atoms. The molecule has 0 radical (unpaired) electrons. The fraction of sp³-hybridized carbons (Fsp3) is 0.333. The van der Waals surface area contributed by atoms with Crippen molar-refractivity contribution < 1.29 is 13.9 Å². The summed E-state index contributed by atoms with van der Waals surface area (Å²) in [6.07, 6.45) is 0. The van der Waals surface area contributed by atoms with Crippen molar-refractivity contribution in [3.63, 3.8) is 0 Å². The van der Waals surface area contributed by atoms with Gasteiger partial charge in [0.2, 0.25) is 5.88 Å². The van der Waals surface area contributed by atoms with Crippen molar-refractivity contribution in [1.29, 1.82) is 0 Å². The van der Waals surface area contributed by atoms with Gasteiger partial charge < -0.3 is 18.8 Å². The van der Waals surface area contributed by atoms with Crippen molar-refractivity contribution in [2.45, 2.75) is 92.4 Å². The number of hydrogen-bond donors (Lipinski definition) is 0. The molecule has 3 aliphatic rings. The Bertz CT molecular complexity index is 2490. The van der Waals surface area contributed by atoms with Crippen LogP contribution in [0.15, 0.2) is 89.3 Å². The largest absolute Gasteiger partial charge is 0.486 e. The van der Waals surface area contributed by atoms with Crippen molar-refractivity contribution in [3.8, 4) is 11.5 Å². The van der Waals surface area contributed by atoms with E-state index in [1.165, 1.54) is 44.5 Å². The Labute approximate surface area is 321 Å². The van der Waals surface area contributed by atoms with Crippen molar-refractivity contribution in [3.05, 3.63) is 113 Å². The summed E-state index contributed by atoms with van der Waals surface area (Å²) in [7, 11) is 0. The van der Waals surface area contributed by atoms with Gasteiger partial charge in [-0.2, -0.15) is 0 Å². The molecule has 0 atom stereocenters. The first kappa shape index (κ1) is 34.7. The maximum absolute atomic E-state index is 7.14. The van der Waals surface area contributed by atoms with E-state index in [1.807, 2.05) is 0 Å². The highest BCUT2D eigenvalue weighted by molar-refractivity contribution is 7.01. The predicted octanol–water partition coefficient (Wildman–Crippen LogP) is 10.8. The van der Waals surface area contributed by atoms with Crippen LogP contribution in [-0.4, -0.2) is 19.9 Å². The van der Waals surface area contributed by atoms with Crippen LogP contribution in [0.2, 0.25) is 0 Å². The lowest BCUT2D eigenvalue weighted by Crippen LogP contribution is -2.61. The van der Waals surface area contributed by atoms with Gasteiger partial charge in [-0.1, -0.05) is 98.7 Å². The quantitative estimate of drug-likeness (QED) is 0.167. The van der Waals surface area contributed by atoms with Crippen LogP contribution >= 0.6 is 0 Å². The molecule has 6 aromatic rings. The minimum atomic E-state index is -0.0564. The molecule has 274 valence electrons. The van der Waals surface area contributed by atoms with Crippen molar-refractivity contribution in [2.24, 2.45) is 0 Å². The summed E-state index contributed by atoms with van der Waals surface area (Å²) in [4.78, 5) is 4.86. The van der Waals surface area contributed by atoms with Gasteiger partial charge in [0.15, 0.2) is 11.5 Å². The number of aryl methyl sites for hydroxylation is 1. The molecule has 1 aromatic heterocycles. The predicted molar refractivity (Wildman–Crippen MR) is 227 cm³/mol. The summed E-state index contributed by atoms with van der Waals surface area (Å²) in [5, 5.41) is 1.16. The van der Waals surface area contributed by atoms with E-state index in [2.05, 4.69) is 171 Å². The molecule has 0 fully saturated rings. The molecule has 0 saturated heterocycles. The molecule has 0 amide bonds. The van der Waals surface area contributed by atoms with Gasteiger partial charge in [-0.25, -0.2) is 0 Å². The van der Waals surface area contributed by atoms with Crippen molar-refractivity contribution >= 4 is 68.4 Å². The lowest BCUT2D eigenvalue weighted by Gasteiger charge is -2.43. The van der Waals surface area contributed by atoms with E-state index in [0.29, 0.717) is 13.2 Å². The second kappa shape index (κ2) is 11.7. The standard InChI is InChI=1S/C48H51BN2O3/c1-28-25-40-44(53-24-23-52-40)29(2)43(28)51-38-14-12-13-37-42(38)49(41-34-26-31(47(6,7)8)18-22-39(34)54-45(41)51)35-27-32(48(9,10)11)17-21-36(35)50(37)33-19-15-30(16-20-33)46(3,4)5/h12-22,25-27H,23-24H2,1-11H3. The number of anilines is 6. The van der Waals surface area contributed by atoms with E-state index in [0.717, 1.165) is 56.5 Å². The van der Waals surface area contributed by atoms with Crippen LogP contribution in [0.4, 0.5) is 34.3 Å². The van der Waals surface area contributed by atoms with Gasteiger partial charge in [-0.05, 0) is 112 Å². The maximum Gasteiger partial charge on any atom is 0.257 e. The van der Waals surface area contributed by atoms with Crippen LogP contribution in [0.1, 0.15) is 90.1 Å². The Morgan fingerprint density at radius 2 is 1.20 bits per heavy atom. The molecule has 54 heavy (non-hydrogen) atoms. The van der Waals surface area contributed by atoms with Crippen LogP contribution in [0, 0.1) is 13.8 Å². The van der Waals surface area contributed by atoms with E-state index < -0.39 is 0 Å². The molecule has 4 heterocycles. The van der Waals surface area contributed by atoms with E-state index in [9.17, 15) is 0 Å². The maximum atomic E-state index is 7.14. The summed E-state index contributed by atoms with van der Waals surface area (Å²) in [5.41, 5.74) is 16.5. The highest BCUT2D eigenvalue weighted by Gasteiger charge is 2.47. The molecule has 0 bridgehead atoms. The zero-order chi connectivity index (χ0) is 38.1. The molecule has 0 saturated carbocycles. The number of fused-ring (bicyclic) bond motifs is 7. The van der Waals surface area contributed by atoms with E-state index in [-0.39, 0.29) is 23.0 Å². The normalized spacial score (nSPS) is 15.0. The molecule has 6 heteroatoms. The van der Waals surface area contributed by atoms with Crippen LogP contribution < -0.4 is 35.7 Å². The topological polar surface area (TPSA) is 38.1 Å². The van der Waals surface area contributed by atoms with Gasteiger partial charge in [0, 0.05) is 39.2 Å². The Morgan fingerprint density at radius 1 is 0.593 bits per heavy atom. The minimum Gasteiger partial charge on any atom is -0.486 e. The number of hydrogen-bond acceptors (Lipinski definition) is 5. The molecule has 0 aliphatic carbocycles. The summed E-state index contributed by atoms with van der Waals surface area (Å²) in [5.74, 6) is 2.48. The molecule has 5 nitrogen and oxygen atoms in total. The van der Waals surface area contributed by atoms with Crippen LogP contribution in [0.25, 0.3) is 11.0 Å². The number of furan rings is 1. The van der Waals surface area contributed by atoms with Gasteiger partial charge in [0.25, 0.3) is 6.71 Å². The summed E-state index contributed by atoms with van der Waals surface area (Å²) in [6, 6.07) is 32.1. The fourth-order valence-corrected chi connectivity index (χ4v) is 8.85. The number of benzene rings is 5. The molecule has 0 N–H and O–H groups in total. The summed E-state index contributed by atoms with van der Waals surface area (Å²) in [6.45, 7) is 26.0. The van der Waals surface area contributed by atoms with E-state index in [1.54, 1.807) is 0 Å². The lowest BCUT2D eigenvalue weighted by molar-refractivity contribution is 0.170. The third-order valence-corrected chi connectivity index (χ3v) is 11.8. The second-order valence-electron chi connectivity index (χ2n) is 18.6. The summed E-state index contributed by atoms with van der Waals surface area (Å²) < 4.78 is 19.6. The first-order valence-corrected chi connectivity index (χ1v) is 19.5. The first-order chi connectivity index (χ1) is 25.5. The van der Waals surface area contributed by atoms with Crippen molar-refractivity contribution in [1.82, 2.24) is 0 Å². The third kappa shape index (κ3) is 5.20. The minimum absolute atomic E-state index is 0.0291. The van der Waals surface area contributed by atoms with Crippen LogP contribution in [-0.2, 0) is 16.2 Å². The van der Waals surface area contributed by atoms with Crippen LogP contribution in [0.3, 0.4) is 0 Å². The van der Waals surface area contributed by atoms with Gasteiger partial charge in [-0.15, -0.1) is 0 Å². The van der Waals surface area contributed by atoms with E-state index in [4.69, 9.17) is 13.9 Å². The lowest BCUT2D eigenvalue weighted by atomic mass is 9.33. The Balaban J connectivity index is 1.40. The second-order valence-corrected chi connectivity index (χ2v) is 18.6. The molecule has 9 rings (SSSR count). The SMILES string of the molecule is Cc1cc2c(c(C)c1N1c3cccc4c3B(c3cc(C(C)(C)C)ccc3N4c3ccc(C(C)(C)C)cc3)c3c1oc1ccc(C(C)(C)C)cc31)OCCO2. The average Bonchev–Trinajstić information content (AvgIpc) is 3.50. The molecule has 5 aromatic carbocycles. The Hall–Kier alpha value is -5.10. The zero-order valence-electron chi connectivity index (χ0n) is 33.7. The Morgan fingerprint density at radius 3 is 1.89 bits per heavy atom. The zero-order valence-corrected chi connectivity index (χ0v) is 33.7. The summed E-state index contributed by atoms with van der Waals surface area (Å²) >= 11 is 0. The smallest absolute Gasteiger partial charge is 0.257 e. The highest BCUT2D eigenvalue weighted by Crippen LogP contribution is 2.50. The molecule has 0 unspecified atom stereocenters. The first-order valence-electron chi connectivity index (χ1n) is 19.5.